The molecule has 1 saturated heterocycles. The van der Waals surface area contributed by atoms with Gasteiger partial charge in [0.2, 0.25) is 0 Å². The molecule has 6 nitrogen and oxygen atoms in total. The van der Waals surface area contributed by atoms with Crippen molar-refractivity contribution in [2.24, 2.45) is 11.1 Å². The summed E-state index contributed by atoms with van der Waals surface area (Å²) in [5.74, 6) is 0.810. The van der Waals surface area contributed by atoms with Gasteiger partial charge in [-0.15, -0.1) is 0 Å². The maximum Gasteiger partial charge on any atom is 0.404 e. The Labute approximate surface area is 119 Å². The predicted molar refractivity (Wildman–Crippen MR) is 76.3 cm³/mol. The van der Waals surface area contributed by atoms with Crippen LogP contribution in [-0.2, 0) is 4.74 Å². The van der Waals surface area contributed by atoms with Crippen molar-refractivity contribution in [3.05, 3.63) is 18.6 Å². The maximum absolute atomic E-state index is 11.1. The Morgan fingerprint density at radius 3 is 2.75 bits per heavy atom. The lowest BCUT2D eigenvalue weighted by Gasteiger charge is -2.47. The van der Waals surface area contributed by atoms with Crippen LogP contribution in [0.4, 0.5) is 10.6 Å². The zero-order chi connectivity index (χ0) is 14.8. The highest BCUT2D eigenvalue weighted by atomic mass is 16.6. The summed E-state index contributed by atoms with van der Waals surface area (Å²) >= 11 is 0. The Kier molecular flexibility index (Phi) is 4.11. The van der Waals surface area contributed by atoms with Crippen molar-refractivity contribution in [3.8, 4) is 0 Å². The molecule has 20 heavy (non-hydrogen) atoms. The number of nitrogens with two attached hydrogens (primary N) is 1. The summed E-state index contributed by atoms with van der Waals surface area (Å²) in [6, 6.07) is 0.0282. The summed E-state index contributed by atoms with van der Waals surface area (Å²) in [5.41, 5.74) is 5.13. The molecular weight excluding hydrogens is 256 g/mol. The SMILES string of the molecule is CC(C)(C)C1C(OC(N)=O)CCCN1c1cnccn1. The van der Waals surface area contributed by atoms with Crippen LogP contribution in [0.3, 0.4) is 0 Å². The van der Waals surface area contributed by atoms with Crippen LogP contribution < -0.4 is 10.6 Å². The van der Waals surface area contributed by atoms with Gasteiger partial charge < -0.3 is 15.4 Å². The van der Waals surface area contributed by atoms with Gasteiger partial charge in [0.25, 0.3) is 0 Å². The van der Waals surface area contributed by atoms with E-state index in [1.54, 1.807) is 18.6 Å². The van der Waals surface area contributed by atoms with Gasteiger partial charge in [0.1, 0.15) is 11.9 Å². The Balaban J connectivity index is 2.32. The first kappa shape index (κ1) is 14.6. The molecule has 0 spiro atoms. The van der Waals surface area contributed by atoms with Gasteiger partial charge in [-0.1, -0.05) is 20.8 Å². The zero-order valence-corrected chi connectivity index (χ0v) is 12.2. The van der Waals surface area contributed by atoms with E-state index < -0.39 is 6.09 Å². The number of primary amides is 1. The summed E-state index contributed by atoms with van der Waals surface area (Å²) in [7, 11) is 0. The molecule has 1 aliphatic heterocycles. The molecule has 1 amide bonds. The Morgan fingerprint density at radius 1 is 1.45 bits per heavy atom. The Bertz CT molecular complexity index is 458. The van der Waals surface area contributed by atoms with Crippen LogP contribution in [0, 0.1) is 5.41 Å². The van der Waals surface area contributed by atoms with Gasteiger partial charge >= 0.3 is 6.09 Å². The number of hydrogen-bond donors (Lipinski definition) is 1. The van der Waals surface area contributed by atoms with E-state index in [0.717, 1.165) is 25.2 Å². The van der Waals surface area contributed by atoms with Gasteiger partial charge in [-0.2, -0.15) is 0 Å². The molecule has 2 N–H and O–H groups in total. The molecule has 1 aromatic heterocycles. The molecule has 0 saturated carbocycles. The largest absolute Gasteiger partial charge is 0.444 e. The number of carbonyl (C=O) groups excluding carboxylic acids is 1. The normalized spacial score (nSPS) is 23.4. The van der Waals surface area contributed by atoms with Crippen LogP contribution in [-0.4, -0.2) is 34.8 Å². The summed E-state index contributed by atoms with van der Waals surface area (Å²) < 4.78 is 5.33. The van der Waals surface area contributed by atoms with E-state index >= 15 is 0 Å². The number of nitrogens with zero attached hydrogens (tertiary/aromatic N) is 3. The van der Waals surface area contributed by atoms with Crippen molar-refractivity contribution >= 4 is 11.9 Å². The fourth-order valence-corrected chi connectivity index (χ4v) is 2.95. The van der Waals surface area contributed by atoms with Crippen molar-refractivity contribution in [2.75, 3.05) is 11.4 Å². The molecule has 0 aromatic carbocycles. The molecule has 0 aliphatic carbocycles. The first-order valence-corrected chi connectivity index (χ1v) is 6.88. The number of amides is 1. The van der Waals surface area contributed by atoms with Gasteiger partial charge in [0.05, 0.1) is 12.2 Å². The first-order valence-electron chi connectivity index (χ1n) is 6.88. The standard InChI is InChI=1S/C14H22N4O2/c1-14(2,3)12-10(20-13(15)19)5-4-8-18(12)11-9-16-6-7-17-11/h6-7,9-10,12H,4-5,8H2,1-3H3,(H2,15,19). The first-order chi connectivity index (χ1) is 9.39. The molecule has 0 radical (unpaired) electrons. The minimum atomic E-state index is -0.717. The fraction of sp³-hybridized carbons (Fsp3) is 0.643. The zero-order valence-electron chi connectivity index (χ0n) is 12.2. The highest BCUT2D eigenvalue weighted by Crippen LogP contribution is 2.35. The number of rotatable bonds is 2. The van der Waals surface area contributed by atoms with E-state index in [2.05, 4.69) is 35.6 Å². The van der Waals surface area contributed by atoms with Crippen molar-refractivity contribution in [2.45, 2.75) is 45.8 Å². The van der Waals surface area contributed by atoms with Crippen molar-refractivity contribution in [1.82, 2.24) is 9.97 Å². The van der Waals surface area contributed by atoms with E-state index in [0.29, 0.717) is 0 Å². The number of ether oxygens (including phenoxy) is 1. The lowest BCUT2D eigenvalue weighted by Crippen LogP contribution is -2.57. The van der Waals surface area contributed by atoms with Crippen LogP contribution >= 0.6 is 0 Å². The lowest BCUT2D eigenvalue weighted by atomic mass is 9.79. The molecule has 2 heterocycles. The second-order valence-electron chi connectivity index (χ2n) is 6.19. The highest BCUT2D eigenvalue weighted by Gasteiger charge is 2.42. The van der Waals surface area contributed by atoms with Gasteiger partial charge in [-0.3, -0.25) is 4.98 Å². The Morgan fingerprint density at radius 2 is 2.20 bits per heavy atom. The highest BCUT2D eigenvalue weighted by molar-refractivity contribution is 5.65. The number of aromatic nitrogens is 2. The van der Waals surface area contributed by atoms with E-state index in [-0.39, 0.29) is 17.6 Å². The molecule has 110 valence electrons. The van der Waals surface area contributed by atoms with E-state index in [9.17, 15) is 4.79 Å². The summed E-state index contributed by atoms with van der Waals surface area (Å²) in [6.07, 6.45) is 5.88. The van der Waals surface area contributed by atoms with Crippen molar-refractivity contribution < 1.29 is 9.53 Å². The van der Waals surface area contributed by atoms with E-state index in [1.165, 1.54) is 0 Å². The van der Waals surface area contributed by atoms with E-state index in [1.807, 2.05) is 0 Å². The maximum atomic E-state index is 11.1. The van der Waals surface area contributed by atoms with Crippen LogP contribution in [0.5, 0.6) is 0 Å². The quantitative estimate of drug-likeness (QED) is 0.894. The third-order valence-electron chi connectivity index (χ3n) is 3.57. The lowest BCUT2D eigenvalue weighted by molar-refractivity contribution is 0.0399. The minimum absolute atomic E-state index is 0.0282. The number of carbonyl (C=O) groups is 1. The second kappa shape index (κ2) is 5.64. The van der Waals surface area contributed by atoms with Crippen molar-refractivity contribution in [3.63, 3.8) is 0 Å². The van der Waals surface area contributed by atoms with Crippen LogP contribution in [0.25, 0.3) is 0 Å². The molecule has 2 rings (SSSR count). The van der Waals surface area contributed by atoms with Gasteiger partial charge in [0, 0.05) is 18.9 Å². The average Bonchev–Trinajstić information content (AvgIpc) is 2.37. The van der Waals surface area contributed by atoms with Crippen LogP contribution in [0.2, 0.25) is 0 Å². The molecule has 0 bridgehead atoms. The molecule has 1 fully saturated rings. The monoisotopic (exact) mass is 278 g/mol. The Hall–Kier alpha value is -1.85. The molecular formula is C14H22N4O2. The smallest absolute Gasteiger partial charge is 0.404 e. The minimum Gasteiger partial charge on any atom is -0.444 e. The second-order valence-corrected chi connectivity index (χ2v) is 6.19. The van der Waals surface area contributed by atoms with Crippen molar-refractivity contribution in [1.29, 1.82) is 0 Å². The summed E-state index contributed by atoms with van der Waals surface area (Å²) in [5, 5.41) is 0. The van der Waals surface area contributed by atoms with Gasteiger partial charge in [0.15, 0.2) is 0 Å². The fourth-order valence-electron chi connectivity index (χ4n) is 2.95. The van der Waals surface area contributed by atoms with Crippen LogP contribution in [0.15, 0.2) is 18.6 Å². The molecule has 1 aliphatic rings. The van der Waals surface area contributed by atoms with E-state index in [4.69, 9.17) is 10.5 Å². The molecule has 1 aromatic rings. The summed E-state index contributed by atoms with van der Waals surface area (Å²) in [4.78, 5) is 21.8. The third kappa shape index (κ3) is 3.18. The van der Waals surface area contributed by atoms with Gasteiger partial charge in [-0.05, 0) is 18.3 Å². The number of piperidine rings is 1. The number of anilines is 1. The summed E-state index contributed by atoms with van der Waals surface area (Å²) in [6.45, 7) is 7.26. The van der Waals surface area contributed by atoms with Gasteiger partial charge in [-0.25, -0.2) is 9.78 Å². The number of hydrogen-bond acceptors (Lipinski definition) is 5. The average molecular weight is 278 g/mol. The molecule has 2 atom stereocenters. The van der Waals surface area contributed by atoms with Crippen LogP contribution in [0.1, 0.15) is 33.6 Å². The topological polar surface area (TPSA) is 81.3 Å². The molecule has 6 heteroatoms. The molecule has 2 unspecified atom stereocenters. The third-order valence-corrected chi connectivity index (χ3v) is 3.57. The predicted octanol–water partition coefficient (Wildman–Crippen LogP) is 1.96.